The molecule has 0 spiro atoms. The molecule has 184 valence electrons. The van der Waals surface area contributed by atoms with Crippen molar-refractivity contribution in [3.8, 4) is 5.75 Å². The molecule has 34 heavy (non-hydrogen) atoms. The highest BCUT2D eigenvalue weighted by molar-refractivity contribution is 5.93. The normalized spacial score (nSPS) is 15.1. The summed E-state index contributed by atoms with van der Waals surface area (Å²) in [6.45, 7) is 8.12. The van der Waals surface area contributed by atoms with Crippen molar-refractivity contribution in [1.29, 1.82) is 0 Å². The van der Waals surface area contributed by atoms with Crippen LogP contribution in [0.5, 0.6) is 5.75 Å². The number of benzene rings is 2. The third-order valence-electron chi connectivity index (χ3n) is 6.54. The van der Waals surface area contributed by atoms with Crippen molar-refractivity contribution < 1.29 is 19.4 Å². The zero-order valence-electron chi connectivity index (χ0n) is 20.9. The Hall–Kier alpha value is -2.86. The number of aliphatic carboxylic acids is 1. The molecule has 0 aromatic heterocycles. The van der Waals surface area contributed by atoms with Crippen LogP contribution in [-0.4, -0.2) is 40.1 Å². The zero-order valence-corrected chi connectivity index (χ0v) is 20.9. The first kappa shape index (κ1) is 25.8. The molecule has 6 nitrogen and oxygen atoms in total. The lowest BCUT2D eigenvalue weighted by atomic mass is 10.1. The number of carbonyl (C=O) groups is 2. The Morgan fingerprint density at radius 1 is 1.03 bits per heavy atom. The number of nitrogens with one attached hydrogen (secondary N) is 1. The minimum atomic E-state index is -1.29. The molecule has 1 aliphatic carbocycles. The van der Waals surface area contributed by atoms with Crippen molar-refractivity contribution in [2.75, 3.05) is 11.9 Å². The lowest BCUT2D eigenvalue weighted by molar-refractivity contribution is -0.152. The van der Waals surface area contributed by atoms with Gasteiger partial charge in [0, 0.05) is 18.3 Å². The van der Waals surface area contributed by atoms with E-state index in [0.717, 1.165) is 29.7 Å². The third-order valence-corrected chi connectivity index (χ3v) is 6.54. The maximum atomic E-state index is 13.0. The zero-order chi connectivity index (χ0) is 24.7. The van der Waals surface area contributed by atoms with Crippen LogP contribution in [-0.2, 0) is 16.1 Å². The van der Waals surface area contributed by atoms with Gasteiger partial charge in [-0.3, -0.25) is 9.69 Å². The second-order valence-corrected chi connectivity index (χ2v) is 9.98. The molecule has 6 heteroatoms. The molecule has 2 N–H and O–H groups in total. The highest BCUT2D eigenvalue weighted by atomic mass is 16.5. The van der Waals surface area contributed by atoms with Crippen LogP contribution in [0.1, 0.15) is 69.1 Å². The fourth-order valence-corrected chi connectivity index (χ4v) is 4.50. The second-order valence-electron chi connectivity index (χ2n) is 9.98. The topological polar surface area (TPSA) is 78.9 Å². The van der Waals surface area contributed by atoms with Crippen molar-refractivity contribution in [1.82, 2.24) is 4.90 Å². The summed E-state index contributed by atoms with van der Waals surface area (Å²) in [7, 11) is 0. The Bertz CT molecular complexity index is 976. The minimum absolute atomic E-state index is 0.000591. The van der Waals surface area contributed by atoms with Gasteiger partial charge in [0.2, 0.25) is 5.91 Å². The molecule has 0 saturated heterocycles. The second kappa shape index (κ2) is 11.5. The molecule has 1 saturated carbocycles. The molecule has 2 aromatic carbocycles. The van der Waals surface area contributed by atoms with Gasteiger partial charge >= 0.3 is 5.97 Å². The number of nitrogens with zero attached hydrogens (tertiary/aromatic N) is 1. The van der Waals surface area contributed by atoms with E-state index in [2.05, 4.69) is 16.3 Å². The number of anilines is 1. The van der Waals surface area contributed by atoms with Gasteiger partial charge in [-0.1, -0.05) is 55.5 Å². The first-order valence-corrected chi connectivity index (χ1v) is 12.3. The largest absolute Gasteiger partial charge is 0.478 e. The predicted molar refractivity (Wildman–Crippen MR) is 135 cm³/mol. The molecule has 0 unspecified atom stereocenters. The van der Waals surface area contributed by atoms with Gasteiger partial charge in [0.25, 0.3) is 0 Å². The smallest absolute Gasteiger partial charge is 0.347 e. The first-order chi connectivity index (χ1) is 16.1. The molecule has 3 rings (SSSR count). The lowest BCUT2D eigenvalue weighted by Crippen LogP contribution is -2.40. The minimum Gasteiger partial charge on any atom is -0.478 e. The van der Waals surface area contributed by atoms with E-state index >= 15 is 0 Å². The van der Waals surface area contributed by atoms with Gasteiger partial charge in [0.05, 0.1) is 6.54 Å². The molecular formula is C28H38N2O4. The van der Waals surface area contributed by atoms with Gasteiger partial charge in [0.1, 0.15) is 5.75 Å². The number of amides is 1. The summed E-state index contributed by atoms with van der Waals surface area (Å²) in [5, 5.41) is 12.4. The van der Waals surface area contributed by atoms with Crippen LogP contribution in [0, 0.1) is 13.8 Å². The highest BCUT2D eigenvalue weighted by Crippen LogP contribution is 2.25. The molecule has 2 aromatic rings. The number of ether oxygens (including phenoxy) is 1. The van der Waals surface area contributed by atoms with Crippen LogP contribution >= 0.6 is 0 Å². The Kier molecular flexibility index (Phi) is 8.72. The summed E-state index contributed by atoms with van der Waals surface area (Å²) in [5.41, 5.74) is 2.88. The van der Waals surface area contributed by atoms with Crippen molar-refractivity contribution in [2.24, 2.45) is 0 Å². The molecule has 0 aliphatic heterocycles. The van der Waals surface area contributed by atoms with E-state index in [1.54, 1.807) is 12.1 Å². The highest BCUT2D eigenvalue weighted by Gasteiger charge is 2.29. The van der Waals surface area contributed by atoms with E-state index in [1.165, 1.54) is 45.1 Å². The lowest BCUT2D eigenvalue weighted by Gasteiger charge is -2.31. The van der Waals surface area contributed by atoms with Gasteiger partial charge in [-0.2, -0.15) is 0 Å². The van der Waals surface area contributed by atoms with Crippen molar-refractivity contribution in [3.05, 3.63) is 59.2 Å². The predicted octanol–water partition coefficient (Wildman–Crippen LogP) is 5.71. The Morgan fingerprint density at radius 3 is 2.26 bits per heavy atom. The van der Waals surface area contributed by atoms with Crippen molar-refractivity contribution in [2.45, 2.75) is 84.4 Å². The number of aryl methyl sites for hydroxylation is 2. The number of carboxylic acids is 1. The number of rotatable bonds is 9. The summed E-state index contributed by atoms with van der Waals surface area (Å²) >= 11 is 0. The monoisotopic (exact) mass is 466 g/mol. The van der Waals surface area contributed by atoms with E-state index in [0.29, 0.717) is 24.9 Å². The molecule has 0 atom stereocenters. The van der Waals surface area contributed by atoms with E-state index in [1.807, 2.05) is 38.1 Å². The summed E-state index contributed by atoms with van der Waals surface area (Å²) in [5.74, 6) is -0.491. The van der Waals surface area contributed by atoms with Gasteiger partial charge in [-0.15, -0.1) is 0 Å². The third kappa shape index (κ3) is 7.32. The molecule has 0 heterocycles. The quantitative estimate of drug-likeness (QED) is 0.463. The average molecular weight is 467 g/mol. The fraction of sp³-hybridized carbons (Fsp3) is 0.500. The van der Waals surface area contributed by atoms with Crippen LogP contribution in [0.4, 0.5) is 5.69 Å². The van der Waals surface area contributed by atoms with E-state index in [9.17, 15) is 14.7 Å². The summed E-state index contributed by atoms with van der Waals surface area (Å²) in [6, 6.07) is 14.0. The van der Waals surface area contributed by atoms with Gasteiger partial charge in [-0.25, -0.2) is 4.79 Å². The van der Waals surface area contributed by atoms with Crippen molar-refractivity contribution >= 4 is 17.6 Å². The standard InChI is InChI=1S/C28H38N2O4/c1-20-11-16-25(21(2)17-20)29-26(31)19-30(23-9-7-5-6-8-10-23)18-22-12-14-24(15-13-22)34-28(3,4)27(32)33/h11-17,23H,5-10,18-19H2,1-4H3,(H,29,31)(H,32,33). The Morgan fingerprint density at radius 2 is 1.68 bits per heavy atom. The Labute approximate surface area is 203 Å². The molecule has 0 radical (unpaired) electrons. The number of carbonyl (C=O) groups excluding carboxylic acids is 1. The van der Waals surface area contributed by atoms with Crippen LogP contribution in [0.2, 0.25) is 0 Å². The summed E-state index contributed by atoms with van der Waals surface area (Å²) in [6.07, 6.45) is 7.10. The van der Waals surface area contributed by atoms with Crippen LogP contribution < -0.4 is 10.1 Å². The molecule has 1 aliphatic rings. The number of carboxylic acid groups (broad SMARTS) is 1. The van der Waals surface area contributed by atoms with Crippen LogP contribution in [0.25, 0.3) is 0 Å². The van der Waals surface area contributed by atoms with Crippen molar-refractivity contribution in [3.63, 3.8) is 0 Å². The van der Waals surface area contributed by atoms with Crippen LogP contribution in [0.15, 0.2) is 42.5 Å². The Balaban J connectivity index is 1.71. The van der Waals surface area contributed by atoms with Gasteiger partial charge in [0.15, 0.2) is 5.60 Å². The molecular weight excluding hydrogens is 428 g/mol. The first-order valence-electron chi connectivity index (χ1n) is 12.3. The van der Waals surface area contributed by atoms with E-state index in [4.69, 9.17) is 4.74 Å². The maximum Gasteiger partial charge on any atom is 0.347 e. The van der Waals surface area contributed by atoms with Crippen LogP contribution in [0.3, 0.4) is 0 Å². The van der Waals surface area contributed by atoms with E-state index < -0.39 is 11.6 Å². The number of hydrogen-bond donors (Lipinski definition) is 2. The molecule has 1 fully saturated rings. The molecule has 1 amide bonds. The van der Waals surface area contributed by atoms with Gasteiger partial charge < -0.3 is 15.2 Å². The molecule has 0 bridgehead atoms. The summed E-state index contributed by atoms with van der Waals surface area (Å²) in [4.78, 5) is 26.7. The summed E-state index contributed by atoms with van der Waals surface area (Å²) < 4.78 is 5.63. The number of hydrogen-bond acceptors (Lipinski definition) is 4. The van der Waals surface area contributed by atoms with E-state index in [-0.39, 0.29) is 5.91 Å². The maximum absolute atomic E-state index is 13.0. The van der Waals surface area contributed by atoms with Gasteiger partial charge in [-0.05, 0) is 69.9 Å². The SMILES string of the molecule is Cc1ccc(NC(=O)CN(Cc2ccc(OC(C)(C)C(=O)O)cc2)C2CCCCCC2)c(C)c1. The fourth-order valence-electron chi connectivity index (χ4n) is 4.50. The average Bonchev–Trinajstić information content (AvgIpc) is 3.06.